The number of imidazole rings is 1. The van der Waals surface area contributed by atoms with Crippen LogP contribution in [0.2, 0.25) is 5.02 Å². The van der Waals surface area contributed by atoms with Crippen LogP contribution >= 0.6 is 11.6 Å². The normalized spacial score (nSPS) is 28.2. The number of hydrogen-bond acceptors (Lipinski definition) is 8. The van der Waals surface area contributed by atoms with Crippen LogP contribution in [0, 0.1) is 17.3 Å². The highest BCUT2D eigenvalue weighted by atomic mass is 35.5. The van der Waals surface area contributed by atoms with Crippen LogP contribution in [0.25, 0.3) is 22.3 Å². The van der Waals surface area contributed by atoms with Crippen molar-refractivity contribution in [1.29, 1.82) is 0 Å². The summed E-state index contributed by atoms with van der Waals surface area (Å²) in [5.74, 6) is 2.43. The van der Waals surface area contributed by atoms with Gasteiger partial charge in [-0.3, -0.25) is 15.1 Å². The topological polar surface area (TPSA) is 118 Å². The van der Waals surface area contributed by atoms with Crippen molar-refractivity contribution in [3.8, 4) is 11.3 Å². The van der Waals surface area contributed by atoms with Crippen LogP contribution in [0.15, 0.2) is 24.5 Å². The Morgan fingerprint density at radius 2 is 1.80 bits per heavy atom. The Kier molecular flexibility index (Phi) is 7.43. The van der Waals surface area contributed by atoms with Gasteiger partial charge in [0.25, 0.3) is 0 Å². The number of hydrogen-bond donors (Lipinski definition) is 2. The monoisotopic (exact) mass is 620 g/mol. The maximum absolute atomic E-state index is 13.3. The fourth-order valence-corrected chi connectivity index (χ4v) is 7.46. The van der Waals surface area contributed by atoms with E-state index in [1.165, 1.54) is 25.7 Å². The van der Waals surface area contributed by atoms with Gasteiger partial charge < -0.3 is 19.2 Å². The Morgan fingerprint density at radius 3 is 2.43 bits per heavy atom. The molecule has 5 heterocycles. The van der Waals surface area contributed by atoms with E-state index in [1.807, 2.05) is 12.1 Å². The van der Waals surface area contributed by atoms with Gasteiger partial charge in [0.15, 0.2) is 6.17 Å². The summed E-state index contributed by atoms with van der Waals surface area (Å²) < 4.78 is 2.35. The zero-order valence-electron chi connectivity index (χ0n) is 25.8. The molecule has 4 aliphatic rings. The molecular formula is C32H41ClN8O3. The molecule has 4 fully saturated rings. The van der Waals surface area contributed by atoms with E-state index in [0.29, 0.717) is 35.4 Å². The molecule has 2 aliphatic carbocycles. The van der Waals surface area contributed by atoms with E-state index in [9.17, 15) is 9.59 Å². The molecule has 234 valence electrons. The van der Waals surface area contributed by atoms with E-state index in [-0.39, 0.29) is 23.4 Å². The number of pyridine rings is 2. The summed E-state index contributed by atoms with van der Waals surface area (Å²) in [6, 6.07) is 3.93. The summed E-state index contributed by atoms with van der Waals surface area (Å²) >= 11 is 6.44. The number of aromatic nitrogens is 4. The minimum absolute atomic E-state index is 0.0693. The smallest absolute Gasteiger partial charge is 0.351 e. The first kappa shape index (κ1) is 29.3. The number of hydroxylamine groups is 1. The maximum Gasteiger partial charge on any atom is 0.427 e. The summed E-state index contributed by atoms with van der Waals surface area (Å²) in [4.78, 5) is 49.4. The molecule has 7 rings (SSSR count). The third kappa shape index (κ3) is 5.38. The van der Waals surface area contributed by atoms with Crippen molar-refractivity contribution in [2.75, 3.05) is 18.0 Å². The van der Waals surface area contributed by atoms with Gasteiger partial charge >= 0.3 is 6.09 Å². The van der Waals surface area contributed by atoms with Crippen molar-refractivity contribution >= 4 is 40.6 Å². The minimum atomic E-state index is -0.623. The van der Waals surface area contributed by atoms with E-state index < -0.39 is 12.3 Å². The summed E-state index contributed by atoms with van der Waals surface area (Å²) in [6.45, 7) is 11.0. The lowest BCUT2D eigenvalue weighted by Gasteiger charge is -2.46. The molecule has 12 heteroatoms. The van der Waals surface area contributed by atoms with Gasteiger partial charge in [0.05, 0.1) is 27.4 Å². The van der Waals surface area contributed by atoms with E-state index in [0.717, 1.165) is 47.8 Å². The lowest BCUT2D eigenvalue weighted by molar-refractivity contribution is -0.137. The molecular weight excluding hydrogens is 580 g/mol. The molecule has 0 bridgehead atoms. The third-order valence-corrected chi connectivity index (χ3v) is 10.3. The Morgan fingerprint density at radius 1 is 1.07 bits per heavy atom. The predicted molar refractivity (Wildman–Crippen MR) is 168 cm³/mol. The van der Waals surface area contributed by atoms with Crippen LogP contribution in [0.3, 0.4) is 0 Å². The van der Waals surface area contributed by atoms with Gasteiger partial charge in [-0.2, -0.15) is 0 Å². The van der Waals surface area contributed by atoms with Crippen molar-refractivity contribution in [3.63, 3.8) is 0 Å². The molecule has 44 heavy (non-hydrogen) atoms. The fourth-order valence-electron chi connectivity index (χ4n) is 7.28. The summed E-state index contributed by atoms with van der Waals surface area (Å²) in [6.07, 6.45) is 8.92. The summed E-state index contributed by atoms with van der Waals surface area (Å²) in [7, 11) is 0. The van der Waals surface area contributed by atoms with Crippen LogP contribution in [0.1, 0.15) is 78.1 Å². The minimum Gasteiger partial charge on any atom is -0.351 e. The van der Waals surface area contributed by atoms with Crippen molar-refractivity contribution in [1.82, 2.24) is 35.2 Å². The van der Waals surface area contributed by atoms with Crippen LogP contribution in [-0.2, 0) is 16.2 Å². The average Bonchev–Trinajstić information content (AvgIpc) is 3.43. The average molecular weight is 621 g/mol. The van der Waals surface area contributed by atoms with Crippen LogP contribution in [-0.4, -0.2) is 61.6 Å². The zero-order valence-corrected chi connectivity index (χ0v) is 26.6. The molecule has 2 amide bonds. The lowest BCUT2D eigenvalue weighted by Crippen LogP contribution is -2.60. The number of nitrogens with zero attached hydrogens (tertiary/aromatic N) is 6. The van der Waals surface area contributed by atoms with Gasteiger partial charge in [0, 0.05) is 55.1 Å². The number of piperazine rings is 1. The Bertz CT molecular complexity index is 1590. The quantitative estimate of drug-likeness (QED) is 0.374. The Hall–Kier alpha value is -3.44. The molecule has 0 radical (unpaired) electrons. The second kappa shape index (κ2) is 11.2. The number of amides is 2. The van der Waals surface area contributed by atoms with Gasteiger partial charge in [-0.25, -0.2) is 14.8 Å². The Labute approximate surface area is 262 Å². The molecule has 1 unspecified atom stereocenters. The number of carbonyl (C=O) groups is 2. The SMILES string of the molecule is CC1CCC(Cn2c(N3[C@H](C)CN(C(=O)C4(C)CC4)C[C@H]3C)nc3cc(C4NOC(=O)N4)nc(-c4cncc(Cl)c4)c32)CC1. The number of halogens is 1. The highest BCUT2D eigenvalue weighted by Gasteiger charge is 2.49. The molecule has 0 aromatic carbocycles. The zero-order chi connectivity index (χ0) is 30.7. The molecule has 0 spiro atoms. The van der Waals surface area contributed by atoms with E-state index in [4.69, 9.17) is 26.4 Å². The van der Waals surface area contributed by atoms with Gasteiger partial charge in [0.1, 0.15) is 0 Å². The van der Waals surface area contributed by atoms with E-state index in [2.05, 4.69) is 57.8 Å². The Balaban J connectivity index is 1.36. The molecule has 3 aromatic rings. The van der Waals surface area contributed by atoms with Crippen molar-refractivity contribution in [3.05, 3.63) is 35.2 Å². The van der Waals surface area contributed by atoms with Gasteiger partial charge in [-0.1, -0.05) is 38.3 Å². The predicted octanol–water partition coefficient (Wildman–Crippen LogP) is 5.44. The number of carbonyl (C=O) groups excluding carboxylic acids is 2. The third-order valence-electron chi connectivity index (χ3n) is 10.1. The summed E-state index contributed by atoms with van der Waals surface area (Å²) in [5.41, 5.74) is 6.28. The first-order chi connectivity index (χ1) is 21.1. The highest BCUT2D eigenvalue weighted by molar-refractivity contribution is 6.30. The second-order valence-corrected chi connectivity index (χ2v) is 14.2. The number of anilines is 1. The molecule has 2 saturated heterocycles. The van der Waals surface area contributed by atoms with Crippen LogP contribution in [0.4, 0.5) is 10.7 Å². The molecule has 2 N–H and O–H groups in total. The number of rotatable bonds is 6. The lowest BCUT2D eigenvalue weighted by atomic mass is 9.83. The maximum atomic E-state index is 13.3. The van der Waals surface area contributed by atoms with Crippen molar-refractivity contribution in [2.45, 2.75) is 91.0 Å². The highest BCUT2D eigenvalue weighted by Crippen LogP contribution is 2.47. The second-order valence-electron chi connectivity index (χ2n) is 13.8. The molecule has 3 atom stereocenters. The van der Waals surface area contributed by atoms with Crippen molar-refractivity contribution < 1.29 is 14.4 Å². The van der Waals surface area contributed by atoms with Gasteiger partial charge in [0.2, 0.25) is 11.9 Å². The molecule has 2 aliphatic heterocycles. The number of nitrogens with one attached hydrogen (secondary N) is 2. The molecule has 11 nitrogen and oxygen atoms in total. The van der Waals surface area contributed by atoms with E-state index >= 15 is 0 Å². The van der Waals surface area contributed by atoms with Crippen LogP contribution < -0.4 is 15.7 Å². The van der Waals surface area contributed by atoms with Gasteiger partial charge in [-0.15, -0.1) is 5.48 Å². The molecule has 3 aromatic heterocycles. The first-order valence-corrected chi connectivity index (χ1v) is 16.3. The first-order valence-electron chi connectivity index (χ1n) is 15.9. The largest absolute Gasteiger partial charge is 0.427 e. The summed E-state index contributed by atoms with van der Waals surface area (Å²) in [5, 5.41) is 3.28. The fraction of sp³-hybridized carbons (Fsp3) is 0.594. The standard InChI is InChI=1S/C32H41ClN8O3/c1-18-5-7-21(8-6-18)17-40-27-24(36-30(40)41-19(2)15-39(16-20(41)3)29(42)32(4)9-10-32)12-25(28-37-31(43)44-38-28)35-26(27)22-11-23(33)14-34-13-22/h11-14,18-21,28,38H,5-10,15-17H2,1-4H3,(H,37,43)/t18?,19-,20-,21?,28?/m1/s1. The van der Waals surface area contributed by atoms with Gasteiger partial charge in [-0.05, 0) is 63.5 Å². The van der Waals surface area contributed by atoms with E-state index in [1.54, 1.807) is 12.4 Å². The molecule has 2 saturated carbocycles. The van der Waals surface area contributed by atoms with Crippen molar-refractivity contribution in [2.24, 2.45) is 17.3 Å². The van der Waals surface area contributed by atoms with Crippen LogP contribution in [0.5, 0.6) is 0 Å². The number of fused-ring (bicyclic) bond motifs is 1.